The fourth-order valence-corrected chi connectivity index (χ4v) is 1.98. The minimum Gasteiger partial charge on any atom is -0.618 e. The second kappa shape index (κ2) is 9.36. The molecule has 0 saturated heterocycles. The van der Waals surface area contributed by atoms with Gasteiger partial charge in [-0.1, -0.05) is 45.4 Å². The highest BCUT2D eigenvalue weighted by molar-refractivity contribution is 5.90. The van der Waals surface area contributed by atoms with Crippen LogP contribution in [-0.2, 0) is 0 Å². The van der Waals surface area contributed by atoms with E-state index in [2.05, 4.69) is 12.2 Å². The Morgan fingerprint density at radius 2 is 1.84 bits per heavy atom. The van der Waals surface area contributed by atoms with Gasteiger partial charge in [0.05, 0.1) is 0 Å². The number of carbonyl (C=O) groups excluding carboxylic acids is 1. The third-order valence-corrected chi connectivity index (χ3v) is 3.12. The zero-order valence-electron chi connectivity index (χ0n) is 11.7. The molecule has 4 nitrogen and oxygen atoms in total. The highest BCUT2D eigenvalue weighted by Crippen LogP contribution is 2.06. The fourth-order valence-electron chi connectivity index (χ4n) is 1.98. The molecule has 1 heterocycles. The van der Waals surface area contributed by atoms with Crippen LogP contribution in [-0.4, -0.2) is 12.5 Å². The van der Waals surface area contributed by atoms with Crippen LogP contribution in [0, 0.1) is 5.21 Å². The highest BCUT2D eigenvalue weighted by Gasteiger charge is 2.13. The molecule has 0 aliphatic heterocycles. The van der Waals surface area contributed by atoms with Gasteiger partial charge in [-0.3, -0.25) is 4.79 Å². The number of nitrogens with zero attached hydrogens (tertiary/aromatic N) is 1. The fraction of sp³-hybridized carbons (Fsp3) is 0.600. The Labute approximate surface area is 115 Å². The molecule has 0 aromatic carbocycles. The van der Waals surface area contributed by atoms with Crippen LogP contribution in [0.1, 0.15) is 62.4 Å². The molecule has 19 heavy (non-hydrogen) atoms. The van der Waals surface area contributed by atoms with E-state index in [1.54, 1.807) is 12.1 Å². The maximum atomic E-state index is 11.7. The summed E-state index contributed by atoms with van der Waals surface area (Å²) in [6.07, 6.45) is 9.84. The molecule has 0 saturated carbocycles. The summed E-state index contributed by atoms with van der Waals surface area (Å²) in [4.78, 5) is 11.7. The lowest BCUT2D eigenvalue weighted by Crippen LogP contribution is -2.39. The van der Waals surface area contributed by atoms with Crippen molar-refractivity contribution in [3.8, 4) is 0 Å². The quantitative estimate of drug-likeness (QED) is 0.423. The molecule has 0 unspecified atom stereocenters. The van der Waals surface area contributed by atoms with Crippen molar-refractivity contribution in [1.29, 1.82) is 0 Å². The lowest BCUT2D eigenvalue weighted by Gasteiger charge is -2.05. The summed E-state index contributed by atoms with van der Waals surface area (Å²) < 4.78 is 0.597. The smallest absolute Gasteiger partial charge is 0.317 e. The van der Waals surface area contributed by atoms with Gasteiger partial charge in [0.15, 0.2) is 6.20 Å². The first-order valence-corrected chi connectivity index (χ1v) is 7.22. The van der Waals surface area contributed by atoms with Gasteiger partial charge in [-0.25, -0.2) is 0 Å². The zero-order valence-corrected chi connectivity index (χ0v) is 11.7. The molecule has 0 fully saturated rings. The Balaban J connectivity index is 2.10. The van der Waals surface area contributed by atoms with E-state index >= 15 is 0 Å². The minimum absolute atomic E-state index is 0.158. The van der Waals surface area contributed by atoms with Crippen LogP contribution in [0.2, 0.25) is 0 Å². The number of rotatable bonds is 9. The number of pyridine rings is 1. The van der Waals surface area contributed by atoms with E-state index in [0.717, 1.165) is 12.8 Å². The van der Waals surface area contributed by atoms with Gasteiger partial charge in [0.2, 0.25) is 0 Å². The molecular formula is C15H24N2O2. The van der Waals surface area contributed by atoms with Gasteiger partial charge in [0, 0.05) is 18.7 Å². The van der Waals surface area contributed by atoms with Gasteiger partial charge >= 0.3 is 5.91 Å². The van der Waals surface area contributed by atoms with E-state index in [0.29, 0.717) is 11.3 Å². The van der Waals surface area contributed by atoms with Crippen molar-refractivity contribution in [3.63, 3.8) is 0 Å². The summed E-state index contributed by atoms with van der Waals surface area (Å²) >= 11 is 0. The summed E-state index contributed by atoms with van der Waals surface area (Å²) in [5, 5.41) is 14.1. The van der Waals surface area contributed by atoms with Crippen molar-refractivity contribution in [2.45, 2.75) is 51.9 Å². The molecule has 0 atom stereocenters. The summed E-state index contributed by atoms with van der Waals surface area (Å²) in [7, 11) is 0. The Kier molecular flexibility index (Phi) is 7.63. The number of carbonyl (C=O) groups is 1. The van der Waals surface area contributed by atoms with Crippen molar-refractivity contribution in [3.05, 3.63) is 35.3 Å². The molecule has 0 bridgehead atoms. The van der Waals surface area contributed by atoms with Crippen molar-refractivity contribution in [2.24, 2.45) is 0 Å². The number of nitrogens with one attached hydrogen (secondary N) is 1. The Bertz CT molecular complexity index is 380. The van der Waals surface area contributed by atoms with E-state index in [-0.39, 0.29) is 11.6 Å². The third kappa shape index (κ3) is 6.22. The Morgan fingerprint density at radius 1 is 1.16 bits per heavy atom. The van der Waals surface area contributed by atoms with Crippen molar-refractivity contribution >= 4 is 5.91 Å². The van der Waals surface area contributed by atoms with E-state index in [1.165, 1.54) is 44.4 Å². The molecular weight excluding hydrogens is 240 g/mol. The topological polar surface area (TPSA) is 56.0 Å². The molecule has 1 rings (SSSR count). The maximum absolute atomic E-state index is 11.7. The molecule has 1 aromatic heterocycles. The Hall–Kier alpha value is -1.58. The second-order valence-electron chi connectivity index (χ2n) is 4.79. The highest BCUT2D eigenvalue weighted by atomic mass is 16.5. The summed E-state index contributed by atoms with van der Waals surface area (Å²) in [6.45, 7) is 2.85. The predicted octanol–water partition coefficient (Wildman–Crippen LogP) is 2.80. The summed E-state index contributed by atoms with van der Waals surface area (Å²) in [5.74, 6) is -0.290. The molecule has 0 aliphatic carbocycles. The van der Waals surface area contributed by atoms with E-state index < -0.39 is 0 Å². The van der Waals surface area contributed by atoms with E-state index in [4.69, 9.17) is 0 Å². The van der Waals surface area contributed by atoms with Crippen LogP contribution in [0.25, 0.3) is 0 Å². The number of amides is 1. The van der Waals surface area contributed by atoms with Gasteiger partial charge in [-0.05, 0) is 12.5 Å². The second-order valence-corrected chi connectivity index (χ2v) is 4.79. The number of aromatic nitrogens is 1. The third-order valence-electron chi connectivity index (χ3n) is 3.12. The molecule has 1 amide bonds. The van der Waals surface area contributed by atoms with Crippen LogP contribution in [0.15, 0.2) is 24.4 Å². The van der Waals surface area contributed by atoms with E-state index in [1.807, 2.05) is 0 Å². The number of unbranched alkanes of at least 4 members (excludes halogenated alkanes) is 6. The normalized spacial score (nSPS) is 10.4. The van der Waals surface area contributed by atoms with Crippen molar-refractivity contribution in [1.82, 2.24) is 5.32 Å². The lowest BCUT2D eigenvalue weighted by atomic mass is 10.1. The largest absolute Gasteiger partial charge is 0.618 e. The van der Waals surface area contributed by atoms with Gasteiger partial charge < -0.3 is 10.5 Å². The molecule has 0 aliphatic rings. The molecule has 4 heteroatoms. The first kappa shape index (κ1) is 15.5. The van der Waals surface area contributed by atoms with Gasteiger partial charge in [-0.2, -0.15) is 4.73 Å². The molecule has 1 N–H and O–H groups in total. The number of hydrogen-bond acceptors (Lipinski definition) is 2. The number of hydrogen-bond donors (Lipinski definition) is 1. The average Bonchev–Trinajstić information content (AvgIpc) is 2.42. The molecule has 0 spiro atoms. The van der Waals surface area contributed by atoms with Crippen LogP contribution in [0.5, 0.6) is 0 Å². The first-order chi connectivity index (χ1) is 9.25. The standard InChI is InChI=1S/C15H24N2O2/c1-2-3-4-5-6-7-9-12-16-15(18)14-11-8-10-13-17(14)19/h8,10-11,13H,2-7,9,12H2,1H3,(H,16,18). The van der Waals surface area contributed by atoms with Gasteiger partial charge in [0.1, 0.15) is 0 Å². The first-order valence-electron chi connectivity index (χ1n) is 7.22. The monoisotopic (exact) mass is 264 g/mol. The molecule has 0 radical (unpaired) electrons. The predicted molar refractivity (Wildman–Crippen MR) is 75.7 cm³/mol. The summed E-state index contributed by atoms with van der Waals surface area (Å²) in [5.41, 5.74) is 0.158. The van der Waals surface area contributed by atoms with Crippen molar-refractivity contribution < 1.29 is 9.52 Å². The maximum Gasteiger partial charge on any atom is 0.317 e. The van der Waals surface area contributed by atoms with Crippen LogP contribution in [0.4, 0.5) is 0 Å². The average molecular weight is 264 g/mol. The molecule has 106 valence electrons. The van der Waals surface area contributed by atoms with Crippen LogP contribution in [0.3, 0.4) is 0 Å². The minimum atomic E-state index is -0.290. The van der Waals surface area contributed by atoms with Gasteiger partial charge in [0.25, 0.3) is 5.69 Å². The van der Waals surface area contributed by atoms with Crippen LogP contribution >= 0.6 is 0 Å². The lowest BCUT2D eigenvalue weighted by molar-refractivity contribution is -0.607. The SMILES string of the molecule is CCCCCCCCCNC(=O)c1cccc[n+]1[O-]. The Morgan fingerprint density at radius 3 is 2.53 bits per heavy atom. The van der Waals surface area contributed by atoms with Crippen molar-refractivity contribution in [2.75, 3.05) is 6.54 Å². The zero-order chi connectivity index (χ0) is 13.9. The van der Waals surface area contributed by atoms with Crippen LogP contribution < -0.4 is 10.0 Å². The summed E-state index contributed by atoms with van der Waals surface area (Å²) in [6, 6.07) is 4.84. The van der Waals surface area contributed by atoms with Gasteiger partial charge in [-0.15, -0.1) is 0 Å². The molecule has 1 aromatic rings. The van der Waals surface area contributed by atoms with E-state index in [9.17, 15) is 10.0 Å².